The van der Waals surface area contributed by atoms with E-state index >= 15 is 0 Å². The summed E-state index contributed by atoms with van der Waals surface area (Å²) in [6.45, 7) is 14.4. The van der Waals surface area contributed by atoms with Gasteiger partial charge >= 0.3 is 0 Å². The van der Waals surface area contributed by atoms with Gasteiger partial charge in [0.15, 0.2) is 5.76 Å². The standard InChI is InChI=1S/C14H21NO/c1-7-10(3)9-12-11(8-2)13(15-16-12)14(4,5)6/h8-9H,2,7H2,1,3-6H3. The smallest absolute Gasteiger partial charge is 0.167 e. The largest absolute Gasteiger partial charge is 0.356 e. The fraction of sp³-hybridized carbons (Fsp3) is 0.500. The molecule has 0 N–H and O–H groups in total. The van der Waals surface area contributed by atoms with E-state index in [0.717, 1.165) is 23.4 Å². The third kappa shape index (κ3) is 2.63. The number of hydrogen-bond acceptors (Lipinski definition) is 2. The molecular formula is C14H21NO. The summed E-state index contributed by atoms with van der Waals surface area (Å²) in [5, 5.41) is 4.15. The lowest BCUT2D eigenvalue weighted by Crippen LogP contribution is -2.13. The molecule has 16 heavy (non-hydrogen) atoms. The molecule has 0 fully saturated rings. The van der Waals surface area contributed by atoms with Gasteiger partial charge in [0.1, 0.15) is 0 Å². The Labute approximate surface area is 98.0 Å². The molecule has 1 aromatic rings. The molecule has 0 atom stereocenters. The SMILES string of the molecule is C=Cc1c(C(C)(C)C)noc1C=C(C)CC. The Hall–Kier alpha value is -1.31. The van der Waals surface area contributed by atoms with Crippen molar-refractivity contribution in [2.45, 2.75) is 46.5 Å². The van der Waals surface area contributed by atoms with Crippen LogP contribution in [0.3, 0.4) is 0 Å². The van der Waals surface area contributed by atoms with E-state index in [1.54, 1.807) is 0 Å². The molecule has 0 bridgehead atoms. The average molecular weight is 219 g/mol. The van der Waals surface area contributed by atoms with Crippen molar-refractivity contribution < 1.29 is 4.52 Å². The Bertz CT molecular complexity index is 405. The van der Waals surface area contributed by atoms with Crippen molar-refractivity contribution in [3.8, 4) is 0 Å². The first-order valence-electron chi connectivity index (χ1n) is 5.70. The Morgan fingerprint density at radius 1 is 1.44 bits per heavy atom. The highest BCUT2D eigenvalue weighted by Crippen LogP contribution is 2.29. The van der Waals surface area contributed by atoms with Gasteiger partial charge in [-0.2, -0.15) is 0 Å². The van der Waals surface area contributed by atoms with Gasteiger partial charge in [-0.25, -0.2) is 0 Å². The maximum Gasteiger partial charge on any atom is 0.167 e. The van der Waals surface area contributed by atoms with Crippen LogP contribution in [0.5, 0.6) is 0 Å². The van der Waals surface area contributed by atoms with Crippen molar-refractivity contribution in [2.24, 2.45) is 0 Å². The summed E-state index contributed by atoms with van der Waals surface area (Å²) in [5.74, 6) is 0.819. The molecule has 0 aromatic carbocycles. The highest BCUT2D eigenvalue weighted by molar-refractivity contribution is 5.64. The highest BCUT2D eigenvalue weighted by Gasteiger charge is 2.23. The fourth-order valence-electron chi connectivity index (χ4n) is 1.48. The van der Waals surface area contributed by atoms with Crippen molar-refractivity contribution in [1.29, 1.82) is 0 Å². The molecule has 2 nitrogen and oxygen atoms in total. The topological polar surface area (TPSA) is 26.0 Å². The van der Waals surface area contributed by atoms with Crippen LogP contribution in [0.2, 0.25) is 0 Å². The molecule has 1 heterocycles. The van der Waals surface area contributed by atoms with Gasteiger partial charge in [-0.05, 0) is 19.4 Å². The fourth-order valence-corrected chi connectivity index (χ4v) is 1.48. The molecule has 0 radical (unpaired) electrons. The zero-order valence-electron chi connectivity index (χ0n) is 10.9. The summed E-state index contributed by atoms with van der Waals surface area (Å²) in [6, 6.07) is 0. The molecule has 1 aromatic heterocycles. The molecule has 0 aliphatic rings. The second-order valence-corrected chi connectivity index (χ2v) is 5.11. The van der Waals surface area contributed by atoms with Crippen LogP contribution in [-0.4, -0.2) is 5.16 Å². The minimum Gasteiger partial charge on any atom is -0.356 e. The molecule has 0 saturated carbocycles. The molecule has 0 unspecified atom stereocenters. The minimum absolute atomic E-state index is 0.0147. The summed E-state index contributed by atoms with van der Waals surface area (Å²) in [7, 11) is 0. The van der Waals surface area contributed by atoms with E-state index in [0.29, 0.717) is 0 Å². The van der Waals surface area contributed by atoms with E-state index in [1.807, 2.05) is 12.2 Å². The summed E-state index contributed by atoms with van der Waals surface area (Å²) in [5.41, 5.74) is 3.25. The lowest BCUT2D eigenvalue weighted by molar-refractivity contribution is 0.387. The molecule has 0 aliphatic carbocycles. The van der Waals surface area contributed by atoms with Crippen molar-refractivity contribution in [2.75, 3.05) is 0 Å². The van der Waals surface area contributed by atoms with E-state index in [9.17, 15) is 0 Å². The van der Waals surface area contributed by atoms with Gasteiger partial charge in [0.05, 0.1) is 5.69 Å². The first-order valence-corrected chi connectivity index (χ1v) is 5.70. The number of nitrogens with zero attached hydrogens (tertiary/aromatic N) is 1. The predicted octanol–water partition coefficient (Wildman–Crippen LogP) is 4.43. The molecule has 0 aliphatic heterocycles. The monoisotopic (exact) mass is 219 g/mol. The zero-order chi connectivity index (χ0) is 12.3. The van der Waals surface area contributed by atoms with E-state index < -0.39 is 0 Å². The van der Waals surface area contributed by atoms with Crippen LogP contribution in [0.1, 0.15) is 58.1 Å². The summed E-state index contributed by atoms with van der Waals surface area (Å²) in [6.07, 6.45) is 4.88. The van der Waals surface area contributed by atoms with E-state index in [-0.39, 0.29) is 5.41 Å². The third-order valence-electron chi connectivity index (χ3n) is 2.61. The Morgan fingerprint density at radius 2 is 2.06 bits per heavy atom. The summed E-state index contributed by atoms with van der Waals surface area (Å²) < 4.78 is 5.39. The molecule has 0 amide bonds. The van der Waals surface area contributed by atoms with Gasteiger partial charge in [-0.1, -0.05) is 51.1 Å². The van der Waals surface area contributed by atoms with Crippen LogP contribution in [0.15, 0.2) is 16.7 Å². The number of allylic oxidation sites excluding steroid dienone is 1. The lowest BCUT2D eigenvalue weighted by atomic mass is 9.88. The Morgan fingerprint density at radius 3 is 2.50 bits per heavy atom. The van der Waals surface area contributed by atoms with Crippen LogP contribution in [0.4, 0.5) is 0 Å². The van der Waals surface area contributed by atoms with Crippen LogP contribution in [0.25, 0.3) is 12.2 Å². The zero-order valence-corrected chi connectivity index (χ0v) is 10.9. The van der Waals surface area contributed by atoms with Gasteiger partial charge in [0, 0.05) is 11.0 Å². The van der Waals surface area contributed by atoms with Crippen molar-refractivity contribution in [3.63, 3.8) is 0 Å². The van der Waals surface area contributed by atoms with Crippen LogP contribution in [-0.2, 0) is 5.41 Å². The molecule has 2 heteroatoms. The number of aromatic nitrogens is 1. The van der Waals surface area contributed by atoms with Gasteiger partial charge < -0.3 is 4.52 Å². The summed E-state index contributed by atoms with van der Waals surface area (Å²) in [4.78, 5) is 0. The second-order valence-electron chi connectivity index (χ2n) is 5.11. The van der Waals surface area contributed by atoms with Crippen LogP contribution in [0, 0.1) is 0 Å². The quantitative estimate of drug-likeness (QED) is 0.751. The molecular weight excluding hydrogens is 198 g/mol. The van der Waals surface area contributed by atoms with Gasteiger partial charge in [0.2, 0.25) is 0 Å². The average Bonchev–Trinajstić information content (AvgIpc) is 2.60. The van der Waals surface area contributed by atoms with Gasteiger partial charge in [-0.3, -0.25) is 0 Å². The van der Waals surface area contributed by atoms with E-state index in [1.165, 1.54) is 5.57 Å². The third-order valence-corrected chi connectivity index (χ3v) is 2.61. The van der Waals surface area contributed by atoms with E-state index in [2.05, 4.69) is 46.4 Å². The normalized spacial score (nSPS) is 12.9. The lowest BCUT2D eigenvalue weighted by Gasteiger charge is -2.15. The Balaban J connectivity index is 3.25. The first-order chi connectivity index (χ1) is 7.40. The predicted molar refractivity (Wildman–Crippen MR) is 69.2 cm³/mol. The highest BCUT2D eigenvalue weighted by atomic mass is 16.5. The summed E-state index contributed by atoms with van der Waals surface area (Å²) >= 11 is 0. The van der Waals surface area contributed by atoms with Gasteiger partial charge in [-0.15, -0.1) is 0 Å². The van der Waals surface area contributed by atoms with Crippen LogP contribution >= 0.6 is 0 Å². The number of rotatable bonds is 3. The maximum atomic E-state index is 5.39. The minimum atomic E-state index is -0.0147. The van der Waals surface area contributed by atoms with Crippen molar-refractivity contribution in [3.05, 3.63) is 29.2 Å². The number of hydrogen-bond donors (Lipinski definition) is 0. The second kappa shape index (κ2) is 4.69. The van der Waals surface area contributed by atoms with Gasteiger partial charge in [0.25, 0.3) is 0 Å². The first kappa shape index (κ1) is 12.8. The Kier molecular flexibility index (Phi) is 3.74. The molecule has 88 valence electrons. The van der Waals surface area contributed by atoms with Crippen molar-refractivity contribution >= 4 is 12.2 Å². The molecule has 1 rings (SSSR count). The molecule has 0 saturated heterocycles. The van der Waals surface area contributed by atoms with E-state index in [4.69, 9.17) is 4.52 Å². The maximum absolute atomic E-state index is 5.39. The van der Waals surface area contributed by atoms with Crippen molar-refractivity contribution in [1.82, 2.24) is 5.16 Å². The van der Waals surface area contributed by atoms with Crippen LogP contribution < -0.4 is 0 Å². The molecule has 0 spiro atoms.